The third-order valence-corrected chi connectivity index (χ3v) is 3.44. The van der Waals surface area contributed by atoms with Gasteiger partial charge in [-0.05, 0) is 37.1 Å². The highest BCUT2D eigenvalue weighted by Gasteiger charge is 2.03. The fraction of sp³-hybridized carbons (Fsp3) is 0.438. The molecule has 0 saturated carbocycles. The molecule has 2 aromatic rings. The van der Waals surface area contributed by atoms with Crippen LogP contribution < -0.4 is 11.1 Å². The van der Waals surface area contributed by atoms with Crippen molar-refractivity contribution in [3.05, 3.63) is 42.5 Å². The van der Waals surface area contributed by atoms with E-state index in [0.29, 0.717) is 13.0 Å². The first-order valence-corrected chi connectivity index (χ1v) is 7.70. The summed E-state index contributed by atoms with van der Waals surface area (Å²) in [6.45, 7) is 1.26. The van der Waals surface area contributed by atoms with Crippen molar-refractivity contribution in [3.63, 3.8) is 0 Å². The van der Waals surface area contributed by atoms with Gasteiger partial charge in [0.1, 0.15) is 12.7 Å². The molecule has 2 rings (SSSR count). The Labute approximate surface area is 142 Å². The number of halogens is 1. The first-order valence-electron chi connectivity index (χ1n) is 7.70. The van der Waals surface area contributed by atoms with Crippen molar-refractivity contribution in [2.45, 2.75) is 38.6 Å². The van der Waals surface area contributed by atoms with E-state index in [1.54, 1.807) is 11.0 Å². The lowest BCUT2D eigenvalue weighted by Gasteiger charge is -2.07. The van der Waals surface area contributed by atoms with E-state index in [4.69, 9.17) is 5.73 Å². The molecule has 0 aliphatic heterocycles. The molecule has 1 aromatic heterocycles. The van der Waals surface area contributed by atoms with Crippen molar-refractivity contribution in [1.82, 2.24) is 20.1 Å². The van der Waals surface area contributed by atoms with Gasteiger partial charge in [0.2, 0.25) is 5.91 Å². The second-order valence-corrected chi connectivity index (χ2v) is 5.24. The Morgan fingerprint density at radius 2 is 2.04 bits per heavy atom. The summed E-state index contributed by atoms with van der Waals surface area (Å²) < 4.78 is 1.70. The monoisotopic (exact) mass is 337 g/mol. The van der Waals surface area contributed by atoms with E-state index in [1.807, 2.05) is 24.3 Å². The van der Waals surface area contributed by atoms with Gasteiger partial charge in [-0.2, -0.15) is 5.10 Å². The van der Waals surface area contributed by atoms with Gasteiger partial charge in [-0.25, -0.2) is 9.67 Å². The Kier molecular flexibility index (Phi) is 8.94. The Morgan fingerprint density at radius 1 is 1.22 bits per heavy atom. The molecule has 1 aromatic carbocycles. The number of carbonyl (C=O) groups excluding carboxylic acids is 1. The molecular weight excluding hydrogens is 314 g/mol. The molecule has 0 aliphatic carbocycles. The van der Waals surface area contributed by atoms with Crippen LogP contribution in [0.15, 0.2) is 36.9 Å². The number of aromatic nitrogens is 3. The summed E-state index contributed by atoms with van der Waals surface area (Å²) in [5, 5.41) is 7.05. The molecule has 23 heavy (non-hydrogen) atoms. The third kappa shape index (κ3) is 6.80. The van der Waals surface area contributed by atoms with Crippen molar-refractivity contribution < 1.29 is 4.79 Å². The van der Waals surface area contributed by atoms with E-state index in [-0.39, 0.29) is 18.3 Å². The van der Waals surface area contributed by atoms with Gasteiger partial charge in [-0.15, -0.1) is 12.4 Å². The molecule has 0 atom stereocenters. The van der Waals surface area contributed by atoms with Crippen LogP contribution in [0.1, 0.15) is 37.7 Å². The quantitative estimate of drug-likeness (QED) is 0.687. The maximum atomic E-state index is 11.8. The van der Waals surface area contributed by atoms with E-state index in [0.717, 1.165) is 43.5 Å². The van der Waals surface area contributed by atoms with Gasteiger partial charge < -0.3 is 11.1 Å². The van der Waals surface area contributed by atoms with Crippen LogP contribution in [0.4, 0.5) is 0 Å². The number of nitrogens with two attached hydrogens (primary N) is 1. The van der Waals surface area contributed by atoms with Gasteiger partial charge in [0.25, 0.3) is 0 Å². The maximum absolute atomic E-state index is 11.8. The van der Waals surface area contributed by atoms with Gasteiger partial charge in [0.15, 0.2) is 0 Å². The number of rotatable bonds is 9. The summed E-state index contributed by atoms with van der Waals surface area (Å²) in [5.41, 5.74) is 7.42. The first kappa shape index (κ1) is 19.1. The van der Waals surface area contributed by atoms with E-state index in [9.17, 15) is 4.79 Å². The number of nitrogens with zero attached hydrogens (tertiary/aromatic N) is 3. The summed E-state index contributed by atoms with van der Waals surface area (Å²) in [4.78, 5) is 15.7. The number of unbranched alkanes of at least 4 members (excludes halogenated alkanes) is 3. The third-order valence-electron chi connectivity index (χ3n) is 3.44. The number of nitrogens with one attached hydrogen (secondary N) is 1. The van der Waals surface area contributed by atoms with Crippen LogP contribution in [0.25, 0.3) is 5.69 Å². The molecule has 6 nitrogen and oxygen atoms in total. The molecule has 0 spiro atoms. The van der Waals surface area contributed by atoms with Gasteiger partial charge in [0, 0.05) is 13.0 Å². The Bertz CT molecular complexity index is 574. The van der Waals surface area contributed by atoms with E-state index < -0.39 is 0 Å². The highest BCUT2D eigenvalue weighted by Crippen LogP contribution is 2.09. The second-order valence-electron chi connectivity index (χ2n) is 5.24. The van der Waals surface area contributed by atoms with Crippen LogP contribution >= 0.6 is 12.4 Å². The second kappa shape index (κ2) is 10.7. The summed E-state index contributed by atoms with van der Waals surface area (Å²) in [6.07, 6.45) is 7.85. The van der Waals surface area contributed by atoms with Crippen molar-refractivity contribution in [1.29, 1.82) is 0 Å². The van der Waals surface area contributed by atoms with Crippen LogP contribution in [0.3, 0.4) is 0 Å². The fourth-order valence-corrected chi connectivity index (χ4v) is 2.22. The minimum absolute atomic E-state index is 0. The van der Waals surface area contributed by atoms with Crippen molar-refractivity contribution in [2.75, 3.05) is 6.54 Å². The minimum atomic E-state index is 0. The average Bonchev–Trinajstić information content (AvgIpc) is 3.07. The van der Waals surface area contributed by atoms with Gasteiger partial charge in [-0.1, -0.05) is 25.0 Å². The van der Waals surface area contributed by atoms with Crippen molar-refractivity contribution in [2.24, 2.45) is 5.73 Å². The summed E-state index contributed by atoms with van der Waals surface area (Å²) in [6, 6.07) is 7.89. The molecule has 3 N–H and O–H groups in total. The molecule has 0 bridgehead atoms. The first-order chi connectivity index (χ1) is 10.8. The molecule has 0 aliphatic rings. The highest BCUT2D eigenvalue weighted by molar-refractivity contribution is 5.85. The number of amides is 1. The number of hydrogen-bond acceptors (Lipinski definition) is 4. The van der Waals surface area contributed by atoms with Crippen LogP contribution in [-0.4, -0.2) is 27.2 Å². The summed E-state index contributed by atoms with van der Waals surface area (Å²) in [7, 11) is 0. The zero-order chi connectivity index (χ0) is 15.6. The molecule has 0 radical (unpaired) electrons. The van der Waals surface area contributed by atoms with Gasteiger partial charge in [-0.3, -0.25) is 4.79 Å². The summed E-state index contributed by atoms with van der Waals surface area (Å²) >= 11 is 0. The Balaban J connectivity index is 0.00000264. The number of benzene rings is 1. The molecular formula is C16H24ClN5O. The molecule has 0 saturated heterocycles. The number of carbonyl (C=O) groups is 1. The average molecular weight is 338 g/mol. The van der Waals surface area contributed by atoms with Crippen LogP contribution in [0.5, 0.6) is 0 Å². The SMILES string of the molecule is Cl.NCCCCCCC(=O)NCc1cccc(-n2cncn2)c1. The normalized spacial score (nSPS) is 10.1. The maximum Gasteiger partial charge on any atom is 0.220 e. The lowest BCUT2D eigenvalue weighted by Crippen LogP contribution is -2.22. The van der Waals surface area contributed by atoms with Crippen molar-refractivity contribution in [3.8, 4) is 5.69 Å². The zero-order valence-electron chi connectivity index (χ0n) is 13.1. The highest BCUT2D eigenvalue weighted by atomic mass is 35.5. The van der Waals surface area contributed by atoms with E-state index in [1.165, 1.54) is 6.33 Å². The lowest BCUT2D eigenvalue weighted by molar-refractivity contribution is -0.121. The molecule has 0 unspecified atom stereocenters. The summed E-state index contributed by atoms with van der Waals surface area (Å²) in [5.74, 6) is 0.0962. The molecule has 1 heterocycles. The fourth-order valence-electron chi connectivity index (χ4n) is 2.22. The van der Waals surface area contributed by atoms with E-state index >= 15 is 0 Å². The van der Waals surface area contributed by atoms with Gasteiger partial charge in [0.05, 0.1) is 5.69 Å². The predicted molar refractivity (Wildman–Crippen MR) is 92.6 cm³/mol. The largest absolute Gasteiger partial charge is 0.352 e. The molecule has 126 valence electrons. The number of hydrogen-bond donors (Lipinski definition) is 2. The topological polar surface area (TPSA) is 85.8 Å². The predicted octanol–water partition coefficient (Wildman–Crippen LogP) is 2.21. The van der Waals surface area contributed by atoms with Crippen LogP contribution in [-0.2, 0) is 11.3 Å². The van der Waals surface area contributed by atoms with Gasteiger partial charge >= 0.3 is 0 Å². The van der Waals surface area contributed by atoms with E-state index in [2.05, 4.69) is 15.4 Å². The van der Waals surface area contributed by atoms with Crippen LogP contribution in [0, 0.1) is 0 Å². The smallest absolute Gasteiger partial charge is 0.220 e. The van der Waals surface area contributed by atoms with Crippen molar-refractivity contribution >= 4 is 18.3 Å². The molecule has 7 heteroatoms. The lowest BCUT2D eigenvalue weighted by atomic mass is 10.1. The minimum Gasteiger partial charge on any atom is -0.352 e. The standard InChI is InChI=1S/C16H23N5O.ClH/c17-9-4-2-1-3-8-16(22)19-11-14-6-5-7-15(10-14)21-13-18-12-20-21;/h5-7,10,12-13H,1-4,8-9,11,17H2,(H,19,22);1H. The van der Waals surface area contributed by atoms with Crippen LogP contribution in [0.2, 0.25) is 0 Å². The molecule has 1 amide bonds. The molecule has 0 fully saturated rings. The Morgan fingerprint density at radius 3 is 2.78 bits per heavy atom. The zero-order valence-corrected chi connectivity index (χ0v) is 14.0. The Hall–Kier alpha value is -1.92.